The lowest BCUT2D eigenvalue weighted by Gasteiger charge is -2.05. The van der Waals surface area contributed by atoms with Crippen molar-refractivity contribution in [3.63, 3.8) is 0 Å². The van der Waals surface area contributed by atoms with Crippen molar-refractivity contribution in [2.45, 2.75) is 0 Å². The number of nitrogens with zero attached hydrogens (tertiary/aromatic N) is 1. The largest absolute Gasteiger partial charge is 0.492 e. The van der Waals surface area contributed by atoms with Crippen LogP contribution in [0.15, 0.2) is 46.4 Å². The number of hydrogen-bond acceptors (Lipinski definition) is 2. The number of nitrogens with one attached hydrogen (secondary N) is 1. The van der Waals surface area contributed by atoms with Crippen LogP contribution in [0.25, 0.3) is 0 Å². The number of ether oxygens (including phenoxy) is 1. The molecule has 100 valence electrons. The first-order chi connectivity index (χ1) is 8.22. The maximum Gasteiger partial charge on any atom is 0.188 e. The van der Waals surface area contributed by atoms with Crippen LogP contribution in [-0.2, 0) is 0 Å². The summed E-state index contributed by atoms with van der Waals surface area (Å²) >= 11 is 3.36. The summed E-state index contributed by atoms with van der Waals surface area (Å²) in [4.78, 5) is 4.10. The first-order valence-electron chi connectivity index (χ1n) is 5.25. The van der Waals surface area contributed by atoms with E-state index >= 15 is 0 Å². The molecule has 18 heavy (non-hydrogen) atoms. The summed E-state index contributed by atoms with van der Waals surface area (Å²) in [6, 6.07) is 7.65. The van der Waals surface area contributed by atoms with Gasteiger partial charge in [-0.05, 0) is 24.3 Å². The molecule has 0 bridgehead atoms. The zero-order chi connectivity index (χ0) is 12.5. The van der Waals surface area contributed by atoms with Crippen LogP contribution in [-0.4, -0.2) is 25.7 Å². The first kappa shape index (κ1) is 17.2. The quantitative estimate of drug-likeness (QED) is 0.242. The summed E-state index contributed by atoms with van der Waals surface area (Å²) in [6.45, 7) is 5.21. The summed E-state index contributed by atoms with van der Waals surface area (Å²) in [5.74, 6) is 1.23. The highest BCUT2D eigenvalue weighted by Gasteiger charge is 1.93. The molecule has 0 unspecified atom stereocenters. The summed E-state index contributed by atoms with van der Waals surface area (Å²) < 4.78 is 6.51. The average molecular weight is 426 g/mol. The van der Waals surface area contributed by atoms with Crippen LogP contribution in [0, 0.1) is 0 Å². The summed E-state index contributed by atoms with van der Waals surface area (Å²) in [7, 11) is 0. The van der Waals surface area contributed by atoms with Gasteiger partial charge < -0.3 is 15.8 Å². The number of nitrogens with two attached hydrogens (primary N) is 1. The predicted octanol–water partition coefficient (Wildman–Crippen LogP) is 2.54. The number of hydrogen-bond donors (Lipinski definition) is 2. The van der Waals surface area contributed by atoms with Crippen molar-refractivity contribution in [2.75, 3.05) is 19.7 Å². The van der Waals surface area contributed by atoms with E-state index in [-0.39, 0.29) is 24.0 Å². The van der Waals surface area contributed by atoms with E-state index in [4.69, 9.17) is 10.5 Å². The number of aliphatic imine (C=N–C) groups is 1. The molecule has 4 nitrogen and oxygen atoms in total. The first-order valence-corrected chi connectivity index (χ1v) is 6.04. The van der Waals surface area contributed by atoms with E-state index in [2.05, 4.69) is 32.8 Å². The minimum atomic E-state index is 0. The Balaban J connectivity index is 0.00000289. The van der Waals surface area contributed by atoms with Crippen molar-refractivity contribution in [3.05, 3.63) is 41.4 Å². The lowest BCUT2D eigenvalue weighted by molar-refractivity contribution is 0.328. The maximum atomic E-state index is 5.59. The van der Waals surface area contributed by atoms with Gasteiger partial charge in [0.2, 0.25) is 0 Å². The Morgan fingerprint density at radius 1 is 1.44 bits per heavy atom. The highest BCUT2D eigenvalue weighted by Crippen LogP contribution is 2.15. The maximum absolute atomic E-state index is 5.59. The van der Waals surface area contributed by atoms with Gasteiger partial charge in [0.25, 0.3) is 0 Å². The summed E-state index contributed by atoms with van der Waals surface area (Å²) in [5.41, 5.74) is 5.59. The van der Waals surface area contributed by atoms with Gasteiger partial charge in [-0.3, -0.25) is 0 Å². The monoisotopic (exact) mass is 425 g/mol. The normalized spacial score (nSPS) is 10.4. The van der Waals surface area contributed by atoms with Gasteiger partial charge in [0.05, 0.1) is 6.54 Å². The molecule has 0 aromatic heterocycles. The smallest absolute Gasteiger partial charge is 0.188 e. The number of rotatable bonds is 6. The van der Waals surface area contributed by atoms with Crippen LogP contribution >= 0.6 is 39.9 Å². The molecule has 0 saturated heterocycles. The third-order valence-electron chi connectivity index (χ3n) is 1.88. The third kappa shape index (κ3) is 7.54. The van der Waals surface area contributed by atoms with Crippen molar-refractivity contribution < 1.29 is 4.74 Å². The topological polar surface area (TPSA) is 59.6 Å². The second-order valence-corrected chi connectivity index (χ2v) is 4.15. The van der Waals surface area contributed by atoms with Gasteiger partial charge in [0.1, 0.15) is 12.4 Å². The lowest BCUT2D eigenvalue weighted by Crippen LogP contribution is -2.32. The zero-order valence-electron chi connectivity index (χ0n) is 9.93. The van der Waals surface area contributed by atoms with Gasteiger partial charge in [-0.25, -0.2) is 4.99 Å². The number of halogens is 2. The molecule has 0 radical (unpaired) electrons. The second kappa shape index (κ2) is 10.2. The zero-order valence-corrected chi connectivity index (χ0v) is 13.9. The minimum absolute atomic E-state index is 0. The Kier molecular flexibility index (Phi) is 9.76. The van der Waals surface area contributed by atoms with Crippen LogP contribution < -0.4 is 15.8 Å². The second-order valence-electron chi connectivity index (χ2n) is 3.24. The van der Waals surface area contributed by atoms with Crippen LogP contribution in [0.3, 0.4) is 0 Å². The van der Waals surface area contributed by atoms with Crippen LogP contribution in [0.5, 0.6) is 5.75 Å². The SMILES string of the molecule is C=CCNC(N)=NCCOc1ccc(Br)cc1.I. The van der Waals surface area contributed by atoms with Gasteiger partial charge in [-0.1, -0.05) is 22.0 Å². The van der Waals surface area contributed by atoms with Gasteiger partial charge in [-0.2, -0.15) is 0 Å². The molecular formula is C12H17BrIN3O. The van der Waals surface area contributed by atoms with Crippen molar-refractivity contribution in [2.24, 2.45) is 10.7 Å². The van der Waals surface area contributed by atoms with Crippen molar-refractivity contribution in [3.8, 4) is 5.75 Å². The number of guanidine groups is 1. The van der Waals surface area contributed by atoms with E-state index in [1.54, 1.807) is 6.08 Å². The fraction of sp³-hybridized carbons (Fsp3) is 0.250. The van der Waals surface area contributed by atoms with E-state index in [0.29, 0.717) is 25.7 Å². The molecule has 0 spiro atoms. The van der Waals surface area contributed by atoms with Crippen molar-refractivity contribution in [1.82, 2.24) is 5.32 Å². The minimum Gasteiger partial charge on any atom is -0.492 e. The third-order valence-corrected chi connectivity index (χ3v) is 2.41. The molecule has 0 aliphatic heterocycles. The molecule has 1 rings (SSSR count). The Labute approximate surface area is 133 Å². The fourth-order valence-electron chi connectivity index (χ4n) is 1.09. The highest BCUT2D eigenvalue weighted by atomic mass is 127. The van der Waals surface area contributed by atoms with E-state index in [0.717, 1.165) is 10.2 Å². The molecule has 3 N–H and O–H groups in total. The fourth-order valence-corrected chi connectivity index (χ4v) is 1.36. The molecule has 1 aromatic carbocycles. The van der Waals surface area contributed by atoms with Crippen molar-refractivity contribution in [1.29, 1.82) is 0 Å². The van der Waals surface area contributed by atoms with E-state index < -0.39 is 0 Å². The molecule has 0 heterocycles. The molecule has 0 fully saturated rings. The van der Waals surface area contributed by atoms with E-state index in [9.17, 15) is 0 Å². The van der Waals surface area contributed by atoms with Crippen molar-refractivity contribution >= 4 is 45.9 Å². The standard InChI is InChI=1S/C12H16BrN3O.HI/c1-2-7-15-12(14)16-8-9-17-11-5-3-10(13)4-6-11;/h2-6H,1,7-9H2,(H3,14,15,16);1H. The molecule has 0 aliphatic rings. The Bertz CT molecular complexity index is 381. The van der Waals surface area contributed by atoms with E-state index in [1.165, 1.54) is 0 Å². The predicted molar refractivity (Wildman–Crippen MR) is 89.7 cm³/mol. The molecule has 0 saturated carbocycles. The van der Waals surface area contributed by atoms with Crippen LogP contribution in [0.1, 0.15) is 0 Å². The van der Waals surface area contributed by atoms with Gasteiger partial charge in [-0.15, -0.1) is 30.6 Å². The summed E-state index contributed by atoms with van der Waals surface area (Å²) in [6.07, 6.45) is 1.72. The van der Waals surface area contributed by atoms with E-state index in [1.807, 2.05) is 24.3 Å². The molecule has 0 amide bonds. The average Bonchev–Trinajstić information content (AvgIpc) is 2.34. The van der Waals surface area contributed by atoms with Gasteiger partial charge in [0, 0.05) is 11.0 Å². The molecule has 0 aliphatic carbocycles. The lowest BCUT2D eigenvalue weighted by atomic mass is 10.3. The molecule has 0 atom stereocenters. The molecule has 6 heteroatoms. The Morgan fingerprint density at radius 2 is 2.11 bits per heavy atom. The Morgan fingerprint density at radius 3 is 2.72 bits per heavy atom. The number of benzene rings is 1. The summed E-state index contributed by atoms with van der Waals surface area (Å²) in [5, 5.41) is 2.89. The molecular weight excluding hydrogens is 409 g/mol. The van der Waals surface area contributed by atoms with Gasteiger partial charge >= 0.3 is 0 Å². The van der Waals surface area contributed by atoms with Crippen LogP contribution in [0.4, 0.5) is 0 Å². The molecule has 1 aromatic rings. The van der Waals surface area contributed by atoms with Gasteiger partial charge in [0.15, 0.2) is 5.96 Å². The van der Waals surface area contributed by atoms with Crippen LogP contribution in [0.2, 0.25) is 0 Å². The Hall–Kier alpha value is -0.760. The highest BCUT2D eigenvalue weighted by molar-refractivity contribution is 14.0.